The van der Waals surface area contributed by atoms with Crippen molar-refractivity contribution >= 4 is 5.97 Å². The number of carbonyl (C=O) groups excluding carboxylic acids is 1. The Kier molecular flexibility index (Phi) is 8.60. The molecular formula is C9H17NO3. The summed E-state index contributed by atoms with van der Waals surface area (Å²) in [6.45, 7) is 4.28. The lowest BCUT2D eigenvalue weighted by molar-refractivity contribution is -0.137. The maximum absolute atomic E-state index is 10.8. The number of rotatable bonds is 7. The van der Waals surface area contributed by atoms with Gasteiger partial charge in [0.15, 0.2) is 0 Å². The van der Waals surface area contributed by atoms with Gasteiger partial charge in [0.1, 0.15) is 6.61 Å². The molecule has 1 N–H and O–H groups in total. The summed E-state index contributed by atoms with van der Waals surface area (Å²) in [7, 11) is 1.65. The van der Waals surface area contributed by atoms with E-state index in [0.717, 1.165) is 6.54 Å². The van der Waals surface area contributed by atoms with Gasteiger partial charge in [-0.3, -0.25) is 0 Å². The number of allylic oxidation sites excluding steroid dienone is 1. The van der Waals surface area contributed by atoms with E-state index in [1.54, 1.807) is 20.1 Å². The van der Waals surface area contributed by atoms with Gasteiger partial charge in [-0.15, -0.1) is 0 Å². The van der Waals surface area contributed by atoms with Gasteiger partial charge >= 0.3 is 5.97 Å². The molecule has 0 bridgehead atoms. The van der Waals surface area contributed by atoms with Gasteiger partial charge in [0, 0.05) is 26.3 Å². The molecule has 4 nitrogen and oxygen atoms in total. The molecule has 0 aliphatic heterocycles. The van der Waals surface area contributed by atoms with Crippen LogP contribution in [0.15, 0.2) is 12.2 Å². The number of methoxy groups -OCH3 is 1. The van der Waals surface area contributed by atoms with Crippen molar-refractivity contribution in [3.05, 3.63) is 12.2 Å². The first-order valence-corrected chi connectivity index (χ1v) is 4.30. The van der Waals surface area contributed by atoms with Crippen LogP contribution in [0.25, 0.3) is 0 Å². The van der Waals surface area contributed by atoms with Crippen molar-refractivity contribution in [1.82, 2.24) is 5.32 Å². The van der Waals surface area contributed by atoms with E-state index >= 15 is 0 Å². The highest BCUT2D eigenvalue weighted by Crippen LogP contribution is 1.79. The van der Waals surface area contributed by atoms with Gasteiger partial charge in [-0.05, 0) is 6.92 Å². The monoisotopic (exact) mass is 187 g/mol. The largest absolute Gasteiger partial charge is 0.461 e. The Hall–Kier alpha value is -0.870. The number of hydrogen-bond donors (Lipinski definition) is 1. The molecule has 76 valence electrons. The van der Waals surface area contributed by atoms with Crippen LogP contribution >= 0.6 is 0 Å². The first kappa shape index (κ1) is 12.1. The predicted molar refractivity (Wildman–Crippen MR) is 50.5 cm³/mol. The van der Waals surface area contributed by atoms with Gasteiger partial charge in [0.25, 0.3) is 0 Å². The number of ether oxygens (including phenoxy) is 2. The van der Waals surface area contributed by atoms with Crippen LogP contribution in [0.3, 0.4) is 0 Å². The second-order valence-electron chi connectivity index (χ2n) is 2.41. The van der Waals surface area contributed by atoms with Crippen molar-refractivity contribution in [2.45, 2.75) is 6.92 Å². The van der Waals surface area contributed by atoms with E-state index in [0.29, 0.717) is 19.8 Å². The smallest absolute Gasteiger partial charge is 0.330 e. The summed E-state index contributed by atoms with van der Waals surface area (Å²) in [5.74, 6) is -0.295. The molecule has 0 radical (unpaired) electrons. The fourth-order valence-electron chi connectivity index (χ4n) is 0.707. The van der Waals surface area contributed by atoms with Crippen LogP contribution in [0.4, 0.5) is 0 Å². The van der Waals surface area contributed by atoms with Crippen molar-refractivity contribution in [2.75, 3.05) is 33.4 Å². The summed E-state index contributed by atoms with van der Waals surface area (Å²) in [6.07, 6.45) is 3.05. The lowest BCUT2D eigenvalue weighted by atomic mass is 10.5. The van der Waals surface area contributed by atoms with Crippen molar-refractivity contribution in [1.29, 1.82) is 0 Å². The maximum Gasteiger partial charge on any atom is 0.330 e. The average Bonchev–Trinajstić information content (AvgIpc) is 2.11. The topological polar surface area (TPSA) is 47.6 Å². The molecule has 0 aliphatic rings. The van der Waals surface area contributed by atoms with Crippen molar-refractivity contribution in [2.24, 2.45) is 0 Å². The molecule has 0 spiro atoms. The summed E-state index contributed by atoms with van der Waals surface area (Å²) in [4.78, 5) is 10.8. The minimum absolute atomic E-state index is 0.295. The minimum Gasteiger partial charge on any atom is -0.461 e. The zero-order chi connectivity index (χ0) is 9.94. The number of carbonyl (C=O) groups is 1. The summed E-state index contributed by atoms with van der Waals surface area (Å²) in [5, 5.41) is 3.06. The quantitative estimate of drug-likeness (QED) is 0.355. The fourth-order valence-corrected chi connectivity index (χ4v) is 0.707. The van der Waals surface area contributed by atoms with E-state index in [9.17, 15) is 4.79 Å². The number of hydrogen-bond acceptors (Lipinski definition) is 4. The van der Waals surface area contributed by atoms with Crippen LogP contribution in [0.5, 0.6) is 0 Å². The standard InChI is InChI=1S/C9H17NO3/c1-3-4-9(11)13-8-6-10-5-7-12-2/h3-4,10H,5-8H2,1-2H3/b4-3+. The SMILES string of the molecule is C/C=C/C(=O)OCCNCCOC. The van der Waals surface area contributed by atoms with Crippen molar-refractivity contribution in [3.63, 3.8) is 0 Å². The molecular weight excluding hydrogens is 170 g/mol. The molecule has 0 fully saturated rings. The highest BCUT2D eigenvalue weighted by Gasteiger charge is 1.94. The third kappa shape index (κ3) is 9.04. The van der Waals surface area contributed by atoms with E-state index in [4.69, 9.17) is 9.47 Å². The first-order valence-electron chi connectivity index (χ1n) is 4.30. The Morgan fingerprint density at radius 1 is 1.38 bits per heavy atom. The van der Waals surface area contributed by atoms with Crippen LogP contribution in [-0.2, 0) is 14.3 Å². The average molecular weight is 187 g/mol. The highest BCUT2D eigenvalue weighted by atomic mass is 16.5. The van der Waals surface area contributed by atoms with E-state index in [1.807, 2.05) is 0 Å². The van der Waals surface area contributed by atoms with E-state index in [1.165, 1.54) is 6.08 Å². The number of esters is 1. The summed E-state index contributed by atoms with van der Waals surface area (Å²) in [6, 6.07) is 0. The molecule has 0 saturated heterocycles. The lowest BCUT2D eigenvalue weighted by Gasteiger charge is -2.03. The van der Waals surface area contributed by atoms with E-state index < -0.39 is 0 Å². The summed E-state index contributed by atoms with van der Waals surface area (Å²) < 4.78 is 9.66. The molecule has 4 heteroatoms. The molecule has 13 heavy (non-hydrogen) atoms. The molecule has 0 rings (SSSR count). The summed E-state index contributed by atoms with van der Waals surface area (Å²) >= 11 is 0. The Bertz CT molecular complexity index is 157. The van der Waals surface area contributed by atoms with Crippen LogP contribution < -0.4 is 5.32 Å². The van der Waals surface area contributed by atoms with Gasteiger partial charge in [0.05, 0.1) is 6.61 Å². The zero-order valence-corrected chi connectivity index (χ0v) is 8.21. The molecule has 0 heterocycles. The van der Waals surface area contributed by atoms with Crippen molar-refractivity contribution in [3.8, 4) is 0 Å². The maximum atomic E-state index is 10.8. The van der Waals surface area contributed by atoms with Crippen LogP contribution in [-0.4, -0.2) is 39.4 Å². The van der Waals surface area contributed by atoms with Crippen LogP contribution in [0.1, 0.15) is 6.92 Å². The third-order valence-corrected chi connectivity index (χ3v) is 1.31. The third-order valence-electron chi connectivity index (χ3n) is 1.31. The van der Waals surface area contributed by atoms with Gasteiger partial charge in [-0.1, -0.05) is 6.08 Å². The lowest BCUT2D eigenvalue weighted by Crippen LogP contribution is -2.24. The second kappa shape index (κ2) is 9.22. The zero-order valence-electron chi connectivity index (χ0n) is 8.21. The van der Waals surface area contributed by atoms with Crippen LogP contribution in [0, 0.1) is 0 Å². The van der Waals surface area contributed by atoms with Gasteiger partial charge < -0.3 is 14.8 Å². The van der Waals surface area contributed by atoms with E-state index in [-0.39, 0.29) is 5.97 Å². The summed E-state index contributed by atoms with van der Waals surface area (Å²) in [5.41, 5.74) is 0. The van der Waals surface area contributed by atoms with Gasteiger partial charge in [-0.2, -0.15) is 0 Å². The molecule has 0 aromatic carbocycles. The molecule has 0 amide bonds. The molecule has 0 saturated carbocycles. The van der Waals surface area contributed by atoms with Crippen molar-refractivity contribution < 1.29 is 14.3 Å². The molecule has 0 aromatic rings. The Morgan fingerprint density at radius 3 is 2.69 bits per heavy atom. The fraction of sp³-hybridized carbons (Fsp3) is 0.667. The Morgan fingerprint density at radius 2 is 2.08 bits per heavy atom. The second-order valence-corrected chi connectivity index (χ2v) is 2.41. The Labute approximate surface area is 78.9 Å². The van der Waals surface area contributed by atoms with Gasteiger partial charge in [0.2, 0.25) is 0 Å². The Balaban J connectivity index is 3.11. The first-order chi connectivity index (χ1) is 6.31. The molecule has 0 unspecified atom stereocenters. The predicted octanol–water partition coefficient (Wildman–Crippen LogP) is 0.342. The van der Waals surface area contributed by atoms with Crippen LogP contribution in [0.2, 0.25) is 0 Å². The highest BCUT2D eigenvalue weighted by molar-refractivity contribution is 5.81. The van der Waals surface area contributed by atoms with E-state index in [2.05, 4.69) is 5.32 Å². The minimum atomic E-state index is -0.295. The molecule has 0 aromatic heterocycles. The molecule has 0 atom stereocenters. The van der Waals surface area contributed by atoms with Gasteiger partial charge in [-0.25, -0.2) is 4.79 Å². The number of nitrogens with one attached hydrogen (secondary N) is 1. The normalized spacial score (nSPS) is 10.6. The molecule has 0 aliphatic carbocycles.